The molecular formula is C17H20N2O2. The molecule has 1 heterocycles. The average Bonchev–Trinajstić information content (AvgIpc) is 2.43. The average molecular weight is 284 g/mol. The Morgan fingerprint density at radius 1 is 1.24 bits per heavy atom. The first kappa shape index (κ1) is 15.0. The van der Waals surface area contributed by atoms with Crippen LogP contribution in [0.25, 0.3) is 0 Å². The predicted octanol–water partition coefficient (Wildman–Crippen LogP) is 3.44. The molecule has 110 valence electrons. The van der Waals surface area contributed by atoms with Gasteiger partial charge < -0.3 is 10.4 Å². The number of nitrogens with zero attached hydrogens (tertiary/aromatic N) is 1. The molecule has 2 N–H and O–H groups in total. The zero-order valence-corrected chi connectivity index (χ0v) is 12.4. The number of carboxylic acids is 1. The molecule has 2 aromatic rings. The van der Waals surface area contributed by atoms with E-state index in [9.17, 15) is 9.90 Å². The van der Waals surface area contributed by atoms with Crippen molar-refractivity contribution in [2.45, 2.75) is 26.7 Å². The summed E-state index contributed by atoms with van der Waals surface area (Å²) in [6.07, 6.45) is 1.92. The lowest BCUT2D eigenvalue weighted by Crippen LogP contribution is -2.11. The fourth-order valence-corrected chi connectivity index (χ4v) is 2.40. The lowest BCUT2D eigenvalue weighted by molar-refractivity contribution is 0.0696. The van der Waals surface area contributed by atoms with Crippen LogP contribution in [-0.4, -0.2) is 22.6 Å². The van der Waals surface area contributed by atoms with Crippen LogP contribution >= 0.6 is 0 Å². The lowest BCUT2D eigenvalue weighted by Gasteiger charge is -2.12. The Kier molecular flexibility index (Phi) is 4.93. The van der Waals surface area contributed by atoms with Crippen molar-refractivity contribution in [2.75, 3.05) is 11.9 Å². The molecule has 0 aliphatic heterocycles. The number of aromatic carboxylic acids is 1. The van der Waals surface area contributed by atoms with Gasteiger partial charge in [0, 0.05) is 12.2 Å². The Morgan fingerprint density at radius 3 is 2.62 bits per heavy atom. The third-order valence-electron chi connectivity index (χ3n) is 3.34. The zero-order chi connectivity index (χ0) is 15.2. The van der Waals surface area contributed by atoms with Gasteiger partial charge in [-0.05, 0) is 38.3 Å². The Morgan fingerprint density at radius 2 is 1.95 bits per heavy atom. The molecule has 0 fully saturated rings. The molecule has 21 heavy (non-hydrogen) atoms. The van der Waals surface area contributed by atoms with Crippen LogP contribution in [0.5, 0.6) is 0 Å². The quantitative estimate of drug-likeness (QED) is 0.798. The minimum Gasteiger partial charge on any atom is -0.478 e. The number of pyridine rings is 1. The van der Waals surface area contributed by atoms with Gasteiger partial charge in [0.2, 0.25) is 0 Å². The molecule has 0 aliphatic carbocycles. The maximum Gasteiger partial charge on any atom is 0.339 e. The van der Waals surface area contributed by atoms with Crippen LogP contribution in [0.2, 0.25) is 0 Å². The van der Waals surface area contributed by atoms with Gasteiger partial charge in [0.1, 0.15) is 5.56 Å². The van der Waals surface area contributed by atoms with E-state index in [2.05, 4.69) is 22.4 Å². The molecule has 0 radical (unpaired) electrons. The topological polar surface area (TPSA) is 62.2 Å². The Balaban J connectivity index is 1.98. The normalized spacial score (nSPS) is 10.4. The fourth-order valence-electron chi connectivity index (χ4n) is 2.40. The highest BCUT2D eigenvalue weighted by molar-refractivity contribution is 5.95. The van der Waals surface area contributed by atoms with Crippen molar-refractivity contribution < 1.29 is 9.90 Å². The summed E-state index contributed by atoms with van der Waals surface area (Å²) in [4.78, 5) is 15.5. The zero-order valence-electron chi connectivity index (χ0n) is 12.4. The molecule has 2 rings (SSSR count). The summed E-state index contributed by atoms with van der Waals surface area (Å²) in [5.74, 6) is -0.939. The molecule has 0 bridgehead atoms. The van der Waals surface area contributed by atoms with Gasteiger partial charge in [0.05, 0.1) is 11.4 Å². The summed E-state index contributed by atoms with van der Waals surface area (Å²) >= 11 is 0. The lowest BCUT2D eigenvalue weighted by atomic mass is 10.1. The van der Waals surface area contributed by atoms with Gasteiger partial charge in [0.25, 0.3) is 0 Å². The van der Waals surface area contributed by atoms with Gasteiger partial charge >= 0.3 is 5.97 Å². The minimum atomic E-state index is -0.939. The van der Waals surface area contributed by atoms with Gasteiger partial charge in [-0.2, -0.15) is 0 Å². The number of carboxylic acid groups (broad SMARTS) is 1. The molecule has 0 aliphatic rings. The molecule has 0 atom stereocenters. The van der Waals surface area contributed by atoms with E-state index in [-0.39, 0.29) is 5.56 Å². The summed E-state index contributed by atoms with van der Waals surface area (Å²) in [7, 11) is 0. The van der Waals surface area contributed by atoms with E-state index in [0.717, 1.165) is 25.1 Å². The van der Waals surface area contributed by atoms with Gasteiger partial charge in [-0.1, -0.05) is 30.3 Å². The third-order valence-corrected chi connectivity index (χ3v) is 3.34. The smallest absolute Gasteiger partial charge is 0.339 e. The van der Waals surface area contributed by atoms with Crippen molar-refractivity contribution in [3.8, 4) is 0 Å². The Labute approximate surface area is 124 Å². The highest BCUT2D eigenvalue weighted by Crippen LogP contribution is 2.19. The first-order valence-electron chi connectivity index (χ1n) is 7.07. The molecule has 0 amide bonds. The summed E-state index contributed by atoms with van der Waals surface area (Å²) in [5.41, 5.74) is 3.58. The van der Waals surface area contributed by atoms with E-state index in [4.69, 9.17) is 0 Å². The van der Waals surface area contributed by atoms with Crippen LogP contribution in [-0.2, 0) is 6.42 Å². The summed E-state index contributed by atoms with van der Waals surface area (Å²) in [6.45, 7) is 4.33. The van der Waals surface area contributed by atoms with Crippen molar-refractivity contribution in [1.29, 1.82) is 0 Å². The third kappa shape index (κ3) is 4.05. The van der Waals surface area contributed by atoms with Gasteiger partial charge in [-0.15, -0.1) is 0 Å². The van der Waals surface area contributed by atoms with E-state index in [1.165, 1.54) is 5.56 Å². The van der Waals surface area contributed by atoms with E-state index in [1.54, 1.807) is 13.0 Å². The van der Waals surface area contributed by atoms with Crippen LogP contribution in [0, 0.1) is 13.8 Å². The summed E-state index contributed by atoms with van der Waals surface area (Å²) in [6, 6.07) is 12.1. The molecule has 0 spiro atoms. The van der Waals surface area contributed by atoms with E-state index in [0.29, 0.717) is 11.4 Å². The van der Waals surface area contributed by atoms with Crippen molar-refractivity contribution in [2.24, 2.45) is 0 Å². The van der Waals surface area contributed by atoms with Crippen LogP contribution in [0.4, 0.5) is 5.69 Å². The summed E-state index contributed by atoms with van der Waals surface area (Å²) in [5, 5.41) is 12.5. The highest BCUT2D eigenvalue weighted by Gasteiger charge is 2.14. The standard InChI is InChI=1S/C17H20N2O2/c1-12-11-15(16(17(20)21)13(2)19-12)18-10-6-9-14-7-4-3-5-8-14/h3-5,7-8,11H,6,9-10H2,1-2H3,(H,18,19)(H,20,21). The number of aromatic nitrogens is 1. The van der Waals surface area contributed by atoms with E-state index in [1.807, 2.05) is 25.1 Å². The number of aryl methyl sites for hydroxylation is 3. The number of hydrogen-bond donors (Lipinski definition) is 2. The number of benzene rings is 1. The molecule has 1 aromatic carbocycles. The van der Waals surface area contributed by atoms with Crippen LogP contribution < -0.4 is 5.32 Å². The molecule has 0 saturated carbocycles. The number of anilines is 1. The van der Waals surface area contributed by atoms with Crippen molar-refractivity contribution in [3.63, 3.8) is 0 Å². The van der Waals surface area contributed by atoms with Crippen LogP contribution in [0.1, 0.15) is 33.7 Å². The predicted molar refractivity (Wildman–Crippen MR) is 83.9 cm³/mol. The SMILES string of the molecule is Cc1cc(NCCCc2ccccc2)c(C(=O)O)c(C)n1. The highest BCUT2D eigenvalue weighted by atomic mass is 16.4. The molecule has 4 heteroatoms. The number of rotatable bonds is 6. The molecule has 0 unspecified atom stereocenters. The first-order chi connectivity index (χ1) is 10.1. The van der Waals surface area contributed by atoms with Crippen molar-refractivity contribution in [3.05, 3.63) is 58.9 Å². The fraction of sp³-hybridized carbons (Fsp3) is 0.294. The van der Waals surface area contributed by atoms with E-state index >= 15 is 0 Å². The van der Waals surface area contributed by atoms with Crippen LogP contribution in [0.3, 0.4) is 0 Å². The van der Waals surface area contributed by atoms with Gasteiger partial charge in [-0.3, -0.25) is 4.98 Å². The molecule has 0 saturated heterocycles. The number of hydrogen-bond acceptors (Lipinski definition) is 3. The largest absolute Gasteiger partial charge is 0.478 e. The monoisotopic (exact) mass is 284 g/mol. The Hall–Kier alpha value is -2.36. The molecule has 1 aromatic heterocycles. The summed E-state index contributed by atoms with van der Waals surface area (Å²) < 4.78 is 0. The number of carbonyl (C=O) groups is 1. The number of nitrogens with one attached hydrogen (secondary N) is 1. The maximum atomic E-state index is 11.3. The van der Waals surface area contributed by atoms with Crippen molar-refractivity contribution >= 4 is 11.7 Å². The second kappa shape index (κ2) is 6.88. The van der Waals surface area contributed by atoms with Crippen LogP contribution in [0.15, 0.2) is 36.4 Å². The Bertz CT molecular complexity index is 624. The van der Waals surface area contributed by atoms with Crippen molar-refractivity contribution in [1.82, 2.24) is 4.98 Å². The van der Waals surface area contributed by atoms with Gasteiger partial charge in [-0.25, -0.2) is 4.79 Å². The molecule has 4 nitrogen and oxygen atoms in total. The second-order valence-corrected chi connectivity index (χ2v) is 5.09. The maximum absolute atomic E-state index is 11.3. The second-order valence-electron chi connectivity index (χ2n) is 5.09. The molecular weight excluding hydrogens is 264 g/mol. The van der Waals surface area contributed by atoms with Gasteiger partial charge in [0.15, 0.2) is 0 Å². The minimum absolute atomic E-state index is 0.264. The van der Waals surface area contributed by atoms with E-state index < -0.39 is 5.97 Å². The first-order valence-corrected chi connectivity index (χ1v) is 7.07.